The predicted octanol–water partition coefficient (Wildman–Crippen LogP) is 3.75. The van der Waals surface area contributed by atoms with Crippen LogP contribution in [0, 0.1) is 0 Å². The Labute approximate surface area is 146 Å². The minimum absolute atomic E-state index is 0.0399. The topological polar surface area (TPSA) is 49.4 Å². The molecule has 0 bridgehead atoms. The zero-order valence-corrected chi connectivity index (χ0v) is 15.1. The van der Waals surface area contributed by atoms with Gasteiger partial charge < -0.3 is 10.2 Å². The van der Waals surface area contributed by atoms with Crippen molar-refractivity contribution in [2.45, 2.75) is 44.9 Å². The Kier molecular flexibility index (Phi) is 7.59. The number of carbonyl (C=O) groups is 2. The standard InChI is InChI=1S/C18H25BrN2O2/c19-16-10-8-15(9-11-16)18(23)20-12-4-1-3-7-17(22)21-13-5-2-6-14-21/h8-11H,1-7,12-14H2,(H,20,23). The van der Waals surface area contributed by atoms with Crippen LogP contribution in [-0.2, 0) is 4.79 Å². The molecular formula is C18H25BrN2O2. The van der Waals surface area contributed by atoms with E-state index in [1.165, 1.54) is 6.42 Å². The van der Waals surface area contributed by atoms with Crippen molar-refractivity contribution in [1.82, 2.24) is 10.2 Å². The summed E-state index contributed by atoms with van der Waals surface area (Å²) in [5.41, 5.74) is 0.675. The lowest BCUT2D eigenvalue weighted by molar-refractivity contribution is -0.132. The molecule has 1 fully saturated rings. The number of nitrogens with one attached hydrogen (secondary N) is 1. The average molecular weight is 381 g/mol. The lowest BCUT2D eigenvalue weighted by Gasteiger charge is -2.26. The Morgan fingerprint density at radius 2 is 1.70 bits per heavy atom. The van der Waals surface area contributed by atoms with Gasteiger partial charge in [-0.25, -0.2) is 0 Å². The van der Waals surface area contributed by atoms with Crippen LogP contribution in [0.15, 0.2) is 28.7 Å². The molecule has 0 spiro atoms. The van der Waals surface area contributed by atoms with Crippen molar-refractivity contribution in [1.29, 1.82) is 0 Å². The highest BCUT2D eigenvalue weighted by Crippen LogP contribution is 2.12. The van der Waals surface area contributed by atoms with Crippen LogP contribution in [0.1, 0.15) is 55.3 Å². The molecule has 1 saturated heterocycles. The summed E-state index contributed by atoms with van der Waals surface area (Å²) >= 11 is 3.35. The normalized spacial score (nSPS) is 14.6. The second-order valence-electron chi connectivity index (χ2n) is 6.01. The summed E-state index contributed by atoms with van der Waals surface area (Å²) in [6.07, 6.45) is 6.98. The third kappa shape index (κ3) is 6.34. The first kappa shape index (κ1) is 18.0. The molecule has 2 amide bonds. The molecule has 1 aromatic rings. The van der Waals surface area contributed by atoms with Gasteiger partial charge in [0.05, 0.1) is 0 Å². The predicted molar refractivity (Wildman–Crippen MR) is 95.4 cm³/mol. The summed E-state index contributed by atoms with van der Waals surface area (Å²) in [6.45, 7) is 2.52. The van der Waals surface area contributed by atoms with Crippen LogP contribution in [0.25, 0.3) is 0 Å². The van der Waals surface area contributed by atoms with Crippen LogP contribution in [0.3, 0.4) is 0 Å². The second-order valence-corrected chi connectivity index (χ2v) is 6.93. The summed E-state index contributed by atoms with van der Waals surface area (Å²) in [5, 5.41) is 2.92. The molecule has 1 N–H and O–H groups in total. The largest absolute Gasteiger partial charge is 0.352 e. The van der Waals surface area contributed by atoms with Gasteiger partial charge in [0, 0.05) is 36.1 Å². The third-order valence-corrected chi connectivity index (χ3v) is 4.70. The maximum absolute atomic E-state index is 12.0. The molecular weight excluding hydrogens is 356 g/mol. The highest BCUT2D eigenvalue weighted by atomic mass is 79.9. The molecule has 5 heteroatoms. The Morgan fingerprint density at radius 3 is 2.39 bits per heavy atom. The lowest BCUT2D eigenvalue weighted by atomic mass is 10.1. The van der Waals surface area contributed by atoms with Crippen molar-refractivity contribution in [3.05, 3.63) is 34.3 Å². The van der Waals surface area contributed by atoms with Gasteiger partial charge >= 0.3 is 0 Å². The highest BCUT2D eigenvalue weighted by Gasteiger charge is 2.15. The first-order valence-corrected chi connectivity index (χ1v) is 9.27. The number of likely N-dealkylation sites (tertiary alicyclic amines) is 1. The van der Waals surface area contributed by atoms with Gasteiger partial charge in [-0.3, -0.25) is 9.59 Å². The van der Waals surface area contributed by atoms with Crippen LogP contribution in [-0.4, -0.2) is 36.3 Å². The Morgan fingerprint density at radius 1 is 1.00 bits per heavy atom. The molecule has 0 radical (unpaired) electrons. The first-order valence-electron chi connectivity index (χ1n) is 8.48. The molecule has 0 aliphatic carbocycles. The number of hydrogen-bond acceptors (Lipinski definition) is 2. The van der Waals surface area contributed by atoms with E-state index in [1.807, 2.05) is 17.0 Å². The van der Waals surface area contributed by atoms with Crippen LogP contribution in [0.4, 0.5) is 0 Å². The van der Waals surface area contributed by atoms with Crippen molar-refractivity contribution in [2.75, 3.05) is 19.6 Å². The quantitative estimate of drug-likeness (QED) is 0.732. The van der Waals surface area contributed by atoms with E-state index >= 15 is 0 Å². The number of unbranched alkanes of at least 4 members (excludes halogenated alkanes) is 2. The second kappa shape index (κ2) is 9.71. The van der Waals surface area contributed by atoms with Gasteiger partial charge in [-0.15, -0.1) is 0 Å². The maximum atomic E-state index is 12.0. The van der Waals surface area contributed by atoms with Crippen LogP contribution in [0.2, 0.25) is 0 Å². The van der Waals surface area contributed by atoms with Crippen LogP contribution >= 0.6 is 15.9 Å². The van der Waals surface area contributed by atoms with Gasteiger partial charge in [-0.2, -0.15) is 0 Å². The summed E-state index contributed by atoms with van der Waals surface area (Å²) in [7, 11) is 0. The lowest BCUT2D eigenvalue weighted by Crippen LogP contribution is -2.35. The number of hydrogen-bond donors (Lipinski definition) is 1. The van der Waals surface area contributed by atoms with E-state index in [4.69, 9.17) is 0 Å². The number of amides is 2. The fraction of sp³-hybridized carbons (Fsp3) is 0.556. The zero-order valence-electron chi connectivity index (χ0n) is 13.5. The molecule has 23 heavy (non-hydrogen) atoms. The minimum atomic E-state index is -0.0399. The molecule has 1 heterocycles. The SMILES string of the molecule is O=C(NCCCCCC(=O)N1CCCCC1)c1ccc(Br)cc1. The molecule has 0 aromatic heterocycles. The molecule has 0 unspecified atom stereocenters. The summed E-state index contributed by atoms with van der Waals surface area (Å²) in [4.78, 5) is 25.9. The van der Waals surface area contributed by atoms with E-state index in [9.17, 15) is 9.59 Å². The molecule has 0 saturated carbocycles. The van der Waals surface area contributed by atoms with Crippen molar-refractivity contribution in [3.8, 4) is 0 Å². The minimum Gasteiger partial charge on any atom is -0.352 e. The summed E-state index contributed by atoms with van der Waals surface area (Å²) < 4.78 is 0.965. The number of halogens is 1. The van der Waals surface area contributed by atoms with Crippen molar-refractivity contribution in [2.24, 2.45) is 0 Å². The molecule has 1 aliphatic rings. The molecule has 4 nitrogen and oxygen atoms in total. The van der Waals surface area contributed by atoms with E-state index in [-0.39, 0.29) is 5.91 Å². The van der Waals surface area contributed by atoms with Crippen molar-refractivity contribution in [3.63, 3.8) is 0 Å². The highest BCUT2D eigenvalue weighted by molar-refractivity contribution is 9.10. The van der Waals surface area contributed by atoms with Crippen LogP contribution < -0.4 is 5.32 Å². The summed E-state index contributed by atoms with van der Waals surface area (Å²) in [5.74, 6) is 0.255. The number of benzene rings is 1. The Balaban J connectivity index is 1.54. The third-order valence-electron chi connectivity index (χ3n) is 4.17. The van der Waals surface area contributed by atoms with Gasteiger partial charge in [0.15, 0.2) is 0 Å². The van der Waals surface area contributed by atoms with Gasteiger partial charge in [0.1, 0.15) is 0 Å². The van der Waals surface area contributed by atoms with Gasteiger partial charge in [-0.05, 0) is 56.4 Å². The molecule has 1 aliphatic heterocycles. The zero-order chi connectivity index (χ0) is 16.5. The molecule has 126 valence electrons. The average Bonchev–Trinajstić information content (AvgIpc) is 2.59. The number of carbonyl (C=O) groups excluding carboxylic acids is 2. The fourth-order valence-corrected chi connectivity index (χ4v) is 3.05. The van der Waals surface area contributed by atoms with Crippen molar-refractivity contribution >= 4 is 27.7 Å². The van der Waals surface area contributed by atoms with Gasteiger partial charge in [0.25, 0.3) is 5.91 Å². The van der Waals surface area contributed by atoms with E-state index in [1.54, 1.807) is 12.1 Å². The van der Waals surface area contributed by atoms with Gasteiger partial charge in [0.2, 0.25) is 5.91 Å². The monoisotopic (exact) mass is 380 g/mol. The summed E-state index contributed by atoms with van der Waals surface area (Å²) in [6, 6.07) is 7.33. The van der Waals surface area contributed by atoms with E-state index in [0.29, 0.717) is 24.4 Å². The fourth-order valence-electron chi connectivity index (χ4n) is 2.78. The first-order chi connectivity index (χ1) is 11.2. The van der Waals surface area contributed by atoms with E-state index < -0.39 is 0 Å². The van der Waals surface area contributed by atoms with Crippen LogP contribution in [0.5, 0.6) is 0 Å². The maximum Gasteiger partial charge on any atom is 0.251 e. The Hall–Kier alpha value is -1.36. The van der Waals surface area contributed by atoms with Crippen molar-refractivity contribution < 1.29 is 9.59 Å². The smallest absolute Gasteiger partial charge is 0.251 e. The Bertz CT molecular complexity index is 510. The molecule has 2 rings (SSSR count). The number of rotatable bonds is 7. The molecule has 1 aromatic carbocycles. The van der Waals surface area contributed by atoms with E-state index in [2.05, 4.69) is 21.2 Å². The number of piperidine rings is 1. The number of nitrogens with zero attached hydrogens (tertiary/aromatic N) is 1. The van der Waals surface area contributed by atoms with Gasteiger partial charge in [-0.1, -0.05) is 22.4 Å². The molecule has 0 atom stereocenters. The van der Waals surface area contributed by atoms with E-state index in [0.717, 1.165) is 49.7 Å².